The topological polar surface area (TPSA) is 59.1 Å². The molecule has 0 atom stereocenters. The molecule has 0 fully saturated rings. The van der Waals surface area contributed by atoms with Crippen molar-refractivity contribution < 1.29 is 18.3 Å². The van der Waals surface area contributed by atoms with Crippen LogP contribution in [0.5, 0.6) is 5.75 Å². The average molecular weight is 254 g/mol. The first-order valence-corrected chi connectivity index (χ1v) is 5.00. The van der Waals surface area contributed by atoms with Gasteiger partial charge in [0.2, 0.25) is 0 Å². The number of alkyl halides is 3. The minimum atomic E-state index is -4.40. The smallest absolute Gasteiger partial charge is 0.416 e. The van der Waals surface area contributed by atoms with E-state index in [4.69, 9.17) is 5.73 Å². The second-order valence-corrected chi connectivity index (χ2v) is 3.71. The van der Waals surface area contributed by atoms with Crippen molar-refractivity contribution in [3.8, 4) is 16.9 Å². The number of anilines is 1. The molecule has 0 bridgehead atoms. The number of nitrogens with two attached hydrogens (primary N) is 1. The molecule has 18 heavy (non-hydrogen) atoms. The van der Waals surface area contributed by atoms with Crippen LogP contribution in [0.2, 0.25) is 0 Å². The Hall–Kier alpha value is -2.24. The van der Waals surface area contributed by atoms with Gasteiger partial charge in [-0.3, -0.25) is 0 Å². The molecule has 94 valence electrons. The molecule has 0 aliphatic carbocycles. The Bertz CT molecular complexity index is 582. The monoisotopic (exact) mass is 254 g/mol. The zero-order chi connectivity index (χ0) is 13.3. The van der Waals surface area contributed by atoms with Crippen molar-refractivity contribution in [3.63, 3.8) is 0 Å². The predicted molar refractivity (Wildman–Crippen MR) is 60.8 cm³/mol. The summed E-state index contributed by atoms with van der Waals surface area (Å²) in [6.45, 7) is 0. The molecule has 0 saturated heterocycles. The fourth-order valence-electron chi connectivity index (χ4n) is 1.50. The van der Waals surface area contributed by atoms with Crippen LogP contribution in [-0.4, -0.2) is 10.1 Å². The number of halogens is 3. The maximum absolute atomic E-state index is 12.5. The van der Waals surface area contributed by atoms with Crippen LogP contribution in [-0.2, 0) is 6.18 Å². The highest BCUT2D eigenvalue weighted by Gasteiger charge is 2.30. The van der Waals surface area contributed by atoms with Gasteiger partial charge in [0.05, 0.1) is 5.56 Å². The first-order chi connectivity index (χ1) is 8.38. The average Bonchev–Trinajstić information content (AvgIpc) is 2.32. The second kappa shape index (κ2) is 4.21. The summed E-state index contributed by atoms with van der Waals surface area (Å²) in [5.41, 5.74) is 5.25. The van der Waals surface area contributed by atoms with Gasteiger partial charge in [0.25, 0.3) is 0 Å². The molecule has 2 rings (SSSR count). The van der Waals surface area contributed by atoms with E-state index in [-0.39, 0.29) is 11.6 Å². The van der Waals surface area contributed by atoms with Crippen molar-refractivity contribution in [2.45, 2.75) is 6.18 Å². The third kappa shape index (κ3) is 2.37. The lowest BCUT2D eigenvalue weighted by atomic mass is 10.0. The first-order valence-electron chi connectivity index (χ1n) is 5.00. The van der Waals surface area contributed by atoms with Gasteiger partial charge in [-0.15, -0.1) is 0 Å². The molecule has 3 N–H and O–H groups in total. The fraction of sp³-hybridized carbons (Fsp3) is 0.0833. The molecular weight excluding hydrogens is 245 g/mol. The lowest BCUT2D eigenvalue weighted by Gasteiger charge is -2.09. The number of nitrogens with zero attached hydrogens (tertiary/aromatic N) is 1. The summed E-state index contributed by atoms with van der Waals surface area (Å²) in [6, 6.07) is 6.05. The normalized spacial score (nSPS) is 11.5. The third-order valence-electron chi connectivity index (χ3n) is 2.42. The maximum atomic E-state index is 12.5. The largest absolute Gasteiger partial charge is 0.504 e. The Morgan fingerprint density at radius 2 is 1.83 bits per heavy atom. The van der Waals surface area contributed by atoms with E-state index in [1.807, 2.05) is 0 Å². The molecule has 2 aromatic rings. The zero-order valence-electron chi connectivity index (χ0n) is 9.07. The van der Waals surface area contributed by atoms with E-state index in [2.05, 4.69) is 4.98 Å². The van der Waals surface area contributed by atoms with Crippen LogP contribution in [0.15, 0.2) is 36.5 Å². The highest BCUT2D eigenvalue weighted by molar-refractivity contribution is 5.67. The molecule has 0 radical (unpaired) electrons. The summed E-state index contributed by atoms with van der Waals surface area (Å²) >= 11 is 0. The quantitative estimate of drug-likeness (QED) is 0.822. The molecule has 0 saturated carbocycles. The molecule has 0 aliphatic heterocycles. The molecule has 3 nitrogen and oxygen atoms in total. The molecule has 0 unspecified atom stereocenters. The van der Waals surface area contributed by atoms with E-state index < -0.39 is 11.7 Å². The van der Waals surface area contributed by atoms with Crippen LogP contribution in [0.25, 0.3) is 11.1 Å². The maximum Gasteiger partial charge on any atom is 0.416 e. The number of hydrogen-bond donors (Lipinski definition) is 2. The Kier molecular flexibility index (Phi) is 2.86. The SMILES string of the molecule is Nc1ncc(-c2cccc(C(F)(F)F)c2)cc1O. The van der Waals surface area contributed by atoms with Gasteiger partial charge in [-0.05, 0) is 23.8 Å². The Morgan fingerprint density at radius 3 is 2.44 bits per heavy atom. The minimum absolute atomic E-state index is 0.0641. The number of pyridine rings is 1. The van der Waals surface area contributed by atoms with Crippen LogP contribution < -0.4 is 5.73 Å². The number of aromatic hydroxyl groups is 1. The summed E-state index contributed by atoms with van der Waals surface area (Å²) in [7, 11) is 0. The van der Waals surface area contributed by atoms with Crippen molar-refractivity contribution in [2.24, 2.45) is 0 Å². The number of aromatic nitrogens is 1. The Labute approximate surface area is 101 Å². The molecule has 1 aromatic heterocycles. The van der Waals surface area contributed by atoms with Crippen LogP contribution >= 0.6 is 0 Å². The number of rotatable bonds is 1. The van der Waals surface area contributed by atoms with Gasteiger partial charge in [-0.25, -0.2) is 4.98 Å². The van der Waals surface area contributed by atoms with E-state index in [9.17, 15) is 18.3 Å². The highest BCUT2D eigenvalue weighted by Crippen LogP contribution is 2.33. The number of benzene rings is 1. The van der Waals surface area contributed by atoms with Crippen LogP contribution in [0.3, 0.4) is 0 Å². The Morgan fingerprint density at radius 1 is 1.11 bits per heavy atom. The molecule has 1 heterocycles. The third-order valence-corrected chi connectivity index (χ3v) is 2.42. The van der Waals surface area contributed by atoms with E-state index in [1.165, 1.54) is 24.4 Å². The first kappa shape index (κ1) is 12.2. The van der Waals surface area contributed by atoms with Gasteiger partial charge in [-0.1, -0.05) is 12.1 Å². The number of nitrogen functional groups attached to an aromatic ring is 1. The minimum Gasteiger partial charge on any atom is -0.504 e. The standard InChI is InChI=1S/C12H9F3N2O/c13-12(14,15)9-3-1-2-7(4-9)8-5-10(18)11(16)17-6-8/h1-6,18H,(H2,16,17). The van der Waals surface area contributed by atoms with Gasteiger partial charge in [-0.2, -0.15) is 13.2 Å². The summed E-state index contributed by atoms with van der Waals surface area (Å²) in [6.07, 6.45) is -3.09. The van der Waals surface area contributed by atoms with Crippen molar-refractivity contribution in [1.82, 2.24) is 4.98 Å². The molecule has 0 aliphatic rings. The van der Waals surface area contributed by atoms with Crippen LogP contribution in [0.4, 0.5) is 19.0 Å². The molecular formula is C12H9F3N2O. The molecule has 6 heteroatoms. The summed E-state index contributed by atoms with van der Waals surface area (Å²) in [5.74, 6) is -0.323. The summed E-state index contributed by atoms with van der Waals surface area (Å²) in [4.78, 5) is 3.69. The van der Waals surface area contributed by atoms with E-state index in [0.717, 1.165) is 12.1 Å². The van der Waals surface area contributed by atoms with Gasteiger partial charge < -0.3 is 10.8 Å². The van der Waals surface area contributed by atoms with Crippen molar-refractivity contribution >= 4 is 5.82 Å². The van der Waals surface area contributed by atoms with Gasteiger partial charge in [0.1, 0.15) is 0 Å². The molecule has 0 amide bonds. The Balaban J connectivity index is 2.48. The van der Waals surface area contributed by atoms with Gasteiger partial charge >= 0.3 is 6.18 Å². The van der Waals surface area contributed by atoms with E-state index in [0.29, 0.717) is 11.1 Å². The van der Waals surface area contributed by atoms with E-state index >= 15 is 0 Å². The molecule has 1 aromatic carbocycles. The van der Waals surface area contributed by atoms with Gasteiger partial charge in [0.15, 0.2) is 11.6 Å². The second-order valence-electron chi connectivity index (χ2n) is 3.71. The predicted octanol–water partition coefficient (Wildman–Crippen LogP) is 3.06. The lowest BCUT2D eigenvalue weighted by Crippen LogP contribution is -2.04. The van der Waals surface area contributed by atoms with Crippen molar-refractivity contribution in [1.29, 1.82) is 0 Å². The summed E-state index contributed by atoms with van der Waals surface area (Å²) in [5, 5.41) is 9.38. The van der Waals surface area contributed by atoms with Crippen molar-refractivity contribution in [2.75, 3.05) is 5.73 Å². The van der Waals surface area contributed by atoms with Crippen LogP contribution in [0, 0.1) is 0 Å². The van der Waals surface area contributed by atoms with Gasteiger partial charge in [0, 0.05) is 11.8 Å². The zero-order valence-corrected chi connectivity index (χ0v) is 9.07. The number of hydrogen-bond acceptors (Lipinski definition) is 3. The van der Waals surface area contributed by atoms with Crippen molar-refractivity contribution in [3.05, 3.63) is 42.1 Å². The van der Waals surface area contributed by atoms with E-state index in [1.54, 1.807) is 0 Å². The molecule has 0 spiro atoms. The fourth-order valence-corrected chi connectivity index (χ4v) is 1.50. The lowest BCUT2D eigenvalue weighted by molar-refractivity contribution is -0.137. The van der Waals surface area contributed by atoms with Crippen LogP contribution in [0.1, 0.15) is 5.56 Å². The highest BCUT2D eigenvalue weighted by atomic mass is 19.4. The summed E-state index contributed by atoms with van der Waals surface area (Å²) < 4.78 is 37.6.